The van der Waals surface area contributed by atoms with Gasteiger partial charge in [0.2, 0.25) is 15.9 Å². The largest absolute Gasteiger partial charge is 0.470 e. The summed E-state index contributed by atoms with van der Waals surface area (Å²) in [5.41, 5.74) is 0. The first kappa shape index (κ1) is 14.4. The van der Waals surface area contributed by atoms with Gasteiger partial charge in [-0.15, -0.1) is 0 Å². The number of rotatable bonds is 4. The van der Waals surface area contributed by atoms with Crippen molar-refractivity contribution in [3.8, 4) is 5.88 Å². The van der Waals surface area contributed by atoms with Gasteiger partial charge < -0.3 is 9.47 Å². The average molecular weight is 324 g/mol. The summed E-state index contributed by atoms with van der Waals surface area (Å²) in [7, 11) is -3.21. The van der Waals surface area contributed by atoms with Crippen LogP contribution in [-0.2, 0) is 14.8 Å². The van der Waals surface area contributed by atoms with Gasteiger partial charge in [0.25, 0.3) is 0 Å². The second-order valence-electron chi connectivity index (χ2n) is 6.18. The minimum atomic E-state index is -3.21. The summed E-state index contributed by atoms with van der Waals surface area (Å²) in [5.74, 6) is 0.520. The van der Waals surface area contributed by atoms with E-state index >= 15 is 0 Å². The van der Waals surface area contributed by atoms with Crippen LogP contribution in [0.4, 0.5) is 0 Å². The monoisotopic (exact) mass is 324 g/mol. The van der Waals surface area contributed by atoms with Crippen molar-refractivity contribution in [1.29, 1.82) is 0 Å². The fourth-order valence-corrected chi connectivity index (χ4v) is 5.47. The van der Waals surface area contributed by atoms with E-state index in [0.29, 0.717) is 19.0 Å². The van der Waals surface area contributed by atoms with Crippen LogP contribution >= 0.6 is 0 Å². The lowest BCUT2D eigenvalue weighted by molar-refractivity contribution is -0.0426. The molecule has 0 unspecified atom stereocenters. The quantitative estimate of drug-likeness (QED) is 0.832. The van der Waals surface area contributed by atoms with Gasteiger partial charge >= 0.3 is 0 Å². The van der Waals surface area contributed by atoms with Crippen LogP contribution in [0, 0.1) is 0 Å². The van der Waals surface area contributed by atoms with E-state index in [0.717, 1.165) is 25.7 Å². The molecule has 0 aromatic carbocycles. The number of fused-ring (bicyclic) bond motifs is 1. The smallest absolute Gasteiger partial charge is 0.217 e. The van der Waals surface area contributed by atoms with Crippen LogP contribution in [-0.4, -0.2) is 54.4 Å². The maximum absolute atomic E-state index is 12.6. The number of sulfonamides is 1. The van der Waals surface area contributed by atoms with Gasteiger partial charge in [0, 0.05) is 18.9 Å². The molecular formula is C15H20N2O4S. The van der Waals surface area contributed by atoms with Crippen LogP contribution in [0.5, 0.6) is 5.88 Å². The topological polar surface area (TPSA) is 68.7 Å². The zero-order chi connectivity index (χ0) is 15.2. The van der Waals surface area contributed by atoms with Gasteiger partial charge in [0.1, 0.15) is 12.2 Å². The van der Waals surface area contributed by atoms with E-state index < -0.39 is 10.0 Å². The first-order chi connectivity index (χ1) is 10.7. The van der Waals surface area contributed by atoms with Crippen molar-refractivity contribution < 1.29 is 17.9 Å². The molecule has 1 aromatic heterocycles. The molecule has 1 aliphatic carbocycles. The molecule has 22 heavy (non-hydrogen) atoms. The summed E-state index contributed by atoms with van der Waals surface area (Å²) in [5, 5.41) is -0.191. The summed E-state index contributed by atoms with van der Waals surface area (Å²) in [6.45, 7) is 1.03. The molecule has 7 heteroatoms. The molecule has 3 aliphatic rings. The molecule has 3 heterocycles. The molecule has 2 aliphatic heterocycles. The van der Waals surface area contributed by atoms with E-state index in [2.05, 4.69) is 4.98 Å². The first-order valence-electron chi connectivity index (χ1n) is 7.86. The summed E-state index contributed by atoms with van der Waals surface area (Å²) in [6.07, 6.45) is 4.50. The summed E-state index contributed by atoms with van der Waals surface area (Å²) >= 11 is 0. The molecule has 0 radical (unpaired) electrons. The van der Waals surface area contributed by atoms with Crippen LogP contribution in [0.3, 0.4) is 0 Å². The Morgan fingerprint density at radius 1 is 1.27 bits per heavy atom. The van der Waals surface area contributed by atoms with Crippen LogP contribution in [0.15, 0.2) is 24.4 Å². The lowest BCUT2D eigenvalue weighted by Gasteiger charge is -2.31. The SMILES string of the molecule is O=S(=O)(C1CC1)N1C[C@@H](Oc2ccccn2)[C@H]2OCCC[C@H]21. The summed E-state index contributed by atoms with van der Waals surface area (Å²) < 4.78 is 38.7. The van der Waals surface area contributed by atoms with Gasteiger partial charge in [-0.1, -0.05) is 6.07 Å². The Labute approximate surface area is 130 Å². The maximum Gasteiger partial charge on any atom is 0.217 e. The average Bonchev–Trinajstić information content (AvgIpc) is 3.33. The third-order valence-electron chi connectivity index (χ3n) is 4.61. The van der Waals surface area contributed by atoms with E-state index in [1.165, 1.54) is 0 Å². The van der Waals surface area contributed by atoms with E-state index in [9.17, 15) is 8.42 Å². The van der Waals surface area contributed by atoms with Gasteiger partial charge in [-0.05, 0) is 31.7 Å². The predicted molar refractivity (Wildman–Crippen MR) is 80.1 cm³/mol. The highest BCUT2D eigenvalue weighted by Gasteiger charge is 2.53. The predicted octanol–water partition coefficient (Wildman–Crippen LogP) is 1.18. The molecule has 2 saturated heterocycles. The molecule has 120 valence electrons. The maximum atomic E-state index is 12.6. The second-order valence-corrected chi connectivity index (χ2v) is 8.35. The number of pyridine rings is 1. The Morgan fingerprint density at radius 3 is 2.86 bits per heavy atom. The molecule has 0 N–H and O–H groups in total. The molecule has 0 bridgehead atoms. The number of hydrogen-bond acceptors (Lipinski definition) is 5. The Bertz CT molecular complexity index is 632. The molecule has 3 fully saturated rings. The zero-order valence-electron chi connectivity index (χ0n) is 12.3. The van der Waals surface area contributed by atoms with Crippen molar-refractivity contribution >= 4 is 10.0 Å². The minimum Gasteiger partial charge on any atom is -0.470 e. The van der Waals surface area contributed by atoms with E-state index in [1.54, 1.807) is 16.6 Å². The van der Waals surface area contributed by atoms with Crippen LogP contribution in [0.2, 0.25) is 0 Å². The van der Waals surface area contributed by atoms with Gasteiger partial charge in [0.05, 0.1) is 17.8 Å². The second kappa shape index (κ2) is 5.47. The lowest BCUT2D eigenvalue weighted by atomic mass is 10.0. The Hall–Kier alpha value is -1.18. The minimum absolute atomic E-state index is 0.0898. The van der Waals surface area contributed by atoms with Crippen molar-refractivity contribution in [2.45, 2.75) is 49.2 Å². The molecule has 1 aromatic rings. The Balaban J connectivity index is 1.57. The fourth-order valence-electron chi connectivity index (χ4n) is 3.39. The van der Waals surface area contributed by atoms with Crippen molar-refractivity contribution in [2.75, 3.05) is 13.2 Å². The van der Waals surface area contributed by atoms with E-state index in [4.69, 9.17) is 9.47 Å². The fraction of sp³-hybridized carbons (Fsp3) is 0.667. The van der Waals surface area contributed by atoms with Crippen molar-refractivity contribution in [3.63, 3.8) is 0 Å². The highest BCUT2D eigenvalue weighted by atomic mass is 32.2. The number of aromatic nitrogens is 1. The third-order valence-corrected chi connectivity index (χ3v) is 7.00. The van der Waals surface area contributed by atoms with Crippen LogP contribution in [0.1, 0.15) is 25.7 Å². The number of hydrogen-bond donors (Lipinski definition) is 0. The highest BCUT2D eigenvalue weighted by Crippen LogP contribution is 2.39. The van der Waals surface area contributed by atoms with Gasteiger partial charge in [-0.25, -0.2) is 13.4 Å². The van der Waals surface area contributed by atoms with Gasteiger partial charge in [-0.3, -0.25) is 0 Å². The van der Waals surface area contributed by atoms with Gasteiger partial charge in [0.15, 0.2) is 0 Å². The summed E-state index contributed by atoms with van der Waals surface area (Å²) in [6, 6.07) is 5.38. The number of nitrogens with zero attached hydrogens (tertiary/aromatic N) is 2. The van der Waals surface area contributed by atoms with E-state index in [-0.39, 0.29) is 23.5 Å². The highest BCUT2D eigenvalue weighted by molar-refractivity contribution is 7.90. The molecule has 0 amide bonds. The van der Waals surface area contributed by atoms with Crippen LogP contribution in [0.25, 0.3) is 0 Å². The molecule has 3 atom stereocenters. The van der Waals surface area contributed by atoms with Crippen molar-refractivity contribution in [1.82, 2.24) is 9.29 Å². The van der Waals surface area contributed by atoms with Gasteiger partial charge in [-0.2, -0.15) is 4.31 Å². The lowest BCUT2D eigenvalue weighted by Crippen LogP contribution is -2.45. The molecule has 0 spiro atoms. The Kier molecular flexibility index (Phi) is 3.58. The first-order valence-corrected chi connectivity index (χ1v) is 9.36. The van der Waals surface area contributed by atoms with Crippen molar-refractivity contribution in [3.05, 3.63) is 24.4 Å². The van der Waals surface area contributed by atoms with Crippen molar-refractivity contribution in [2.24, 2.45) is 0 Å². The zero-order valence-corrected chi connectivity index (χ0v) is 13.1. The molecular weight excluding hydrogens is 304 g/mol. The number of ether oxygens (including phenoxy) is 2. The molecule has 1 saturated carbocycles. The molecule has 4 rings (SSSR count). The normalized spacial score (nSPS) is 32.6. The standard InChI is InChI=1S/C15H20N2O4S/c18-22(19,11-6-7-11)17-10-13(15-12(17)4-3-9-20-15)21-14-5-1-2-8-16-14/h1-2,5,8,11-13,15H,3-4,6-7,9-10H2/t12-,13-,15+/m1/s1. The summed E-state index contributed by atoms with van der Waals surface area (Å²) in [4.78, 5) is 4.17. The third kappa shape index (κ3) is 2.51. The van der Waals surface area contributed by atoms with Crippen LogP contribution < -0.4 is 4.74 Å². The molecule has 6 nitrogen and oxygen atoms in total. The Morgan fingerprint density at radius 2 is 2.14 bits per heavy atom. The van der Waals surface area contributed by atoms with E-state index in [1.807, 2.05) is 12.1 Å².